The number of para-hydroxylation sites is 1. The highest BCUT2D eigenvalue weighted by Gasteiger charge is 2.06. The molecule has 3 heteroatoms. The molecule has 0 atom stereocenters. The Morgan fingerprint density at radius 1 is 1.26 bits per heavy atom. The Hall–Kier alpha value is -0.930. The number of nitrogens with one attached hydrogen (secondary N) is 1. The molecule has 0 saturated heterocycles. The second-order valence-electron chi connectivity index (χ2n) is 5.38. The van der Waals surface area contributed by atoms with Crippen LogP contribution in [0.5, 0.6) is 0 Å². The maximum atomic E-state index is 3.55. The average Bonchev–Trinajstić information content (AvgIpc) is 2.80. The molecule has 0 saturated carbocycles. The molecule has 0 aliphatic heterocycles. The van der Waals surface area contributed by atoms with Crippen LogP contribution in [0.25, 0.3) is 10.9 Å². The van der Waals surface area contributed by atoms with Crippen molar-refractivity contribution in [3.63, 3.8) is 0 Å². The first-order chi connectivity index (χ1) is 9.22. The van der Waals surface area contributed by atoms with Gasteiger partial charge in [0.15, 0.2) is 0 Å². The minimum atomic E-state index is 0.697. The van der Waals surface area contributed by atoms with Crippen LogP contribution in [0.2, 0.25) is 0 Å². The van der Waals surface area contributed by atoms with Crippen molar-refractivity contribution in [2.24, 2.45) is 5.92 Å². The predicted molar refractivity (Wildman–Crippen MR) is 86.9 cm³/mol. The van der Waals surface area contributed by atoms with E-state index in [9.17, 15) is 0 Å². The normalized spacial score (nSPS) is 11.6. The Bertz CT molecular complexity index is 516. The zero-order valence-corrected chi connectivity index (χ0v) is 13.0. The highest BCUT2D eigenvalue weighted by Crippen LogP contribution is 2.20. The van der Waals surface area contributed by atoms with E-state index >= 15 is 0 Å². The Balaban J connectivity index is 2.19. The fourth-order valence-electron chi connectivity index (χ4n) is 2.35. The number of fused-ring (bicyclic) bond motifs is 1. The Morgan fingerprint density at radius 2 is 2.11 bits per heavy atom. The third-order valence-electron chi connectivity index (χ3n) is 3.28. The molecule has 0 fully saturated rings. The molecule has 0 amide bonds. The van der Waals surface area contributed by atoms with Crippen molar-refractivity contribution in [3.05, 3.63) is 36.0 Å². The van der Waals surface area contributed by atoms with Crippen molar-refractivity contribution in [3.8, 4) is 0 Å². The number of aromatic nitrogens is 1. The van der Waals surface area contributed by atoms with Crippen molar-refractivity contribution in [1.82, 2.24) is 9.88 Å². The second-order valence-corrected chi connectivity index (χ2v) is 6.37. The summed E-state index contributed by atoms with van der Waals surface area (Å²) in [6, 6.07) is 8.83. The molecule has 0 bridgehead atoms. The van der Waals surface area contributed by atoms with E-state index < -0.39 is 0 Å². The smallest absolute Gasteiger partial charge is 0.0526 e. The zero-order chi connectivity index (χ0) is 13.7. The van der Waals surface area contributed by atoms with Gasteiger partial charge in [-0.2, -0.15) is 11.8 Å². The van der Waals surface area contributed by atoms with E-state index in [0.717, 1.165) is 25.4 Å². The number of nitrogens with zero attached hydrogens (tertiary/aromatic N) is 1. The summed E-state index contributed by atoms with van der Waals surface area (Å²) >= 11 is 1.90. The van der Waals surface area contributed by atoms with E-state index in [-0.39, 0.29) is 0 Å². The van der Waals surface area contributed by atoms with Crippen LogP contribution < -0.4 is 5.32 Å². The van der Waals surface area contributed by atoms with E-state index in [1.807, 2.05) is 11.8 Å². The molecule has 0 aliphatic rings. The van der Waals surface area contributed by atoms with Gasteiger partial charge in [0, 0.05) is 25.0 Å². The van der Waals surface area contributed by atoms with Gasteiger partial charge in [-0.15, -0.1) is 0 Å². The van der Waals surface area contributed by atoms with Crippen molar-refractivity contribution in [1.29, 1.82) is 0 Å². The van der Waals surface area contributed by atoms with Crippen LogP contribution in [0.15, 0.2) is 30.5 Å². The molecule has 1 aromatic heterocycles. The summed E-state index contributed by atoms with van der Waals surface area (Å²) in [5.74, 6) is 1.86. The van der Waals surface area contributed by atoms with E-state index in [1.54, 1.807) is 0 Å². The average molecular weight is 276 g/mol. The van der Waals surface area contributed by atoms with Gasteiger partial charge in [0.25, 0.3) is 0 Å². The number of rotatable bonds is 7. The van der Waals surface area contributed by atoms with E-state index in [2.05, 4.69) is 60.4 Å². The number of hydrogen-bond acceptors (Lipinski definition) is 2. The van der Waals surface area contributed by atoms with Gasteiger partial charge in [0.05, 0.1) is 5.52 Å². The van der Waals surface area contributed by atoms with Crippen molar-refractivity contribution >= 4 is 22.7 Å². The maximum absolute atomic E-state index is 3.55. The molecule has 1 N–H and O–H groups in total. The SMILES string of the molecule is CSCCn1ccc2cccc(CNCC(C)C)c21. The molecular weight excluding hydrogens is 252 g/mol. The Morgan fingerprint density at radius 3 is 2.84 bits per heavy atom. The topological polar surface area (TPSA) is 17.0 Å². The van der Waals surface area contributed by atoms with Crippen molar-refractivity contribution in [2.45, 2.75) is 26.9 Å². The van der Waals surface area contributed by atoms with Crippen LogP contribution in [0.1, 0.15) is 19.4 Å². The van der Waals surface area contributed by atoms with Crippen LogP contribution >= 0.6 is 11.8 Å². The van der Waals surface area contributed by atoms with Gasteiger partial charge in [-0.1, -0.05) is 32.0 Å². The Labute approximate surface area is 120 Å². The molecule has 19 heavy (non-hydrogen) atoms. The fraction of sp³-hybridized carbons (Fsp3) is 0.500. The lowest BCUT2D eigenvalue weighted by Crippen LogP contribution is -2.19. The minimum Gasteiger partial charge on any atom is -0.346 e. The first-order valence-electron chi connectivity index (χ1n) is 6.98. The van der Waals surface area contributed by atoms with E-state index in [4.69, 9.17) is 0 Å². The lowest BCUT2D eigenvalue weighted by atomic mass is 10.1. The minimum absolute atomic E-state index is 0.697. The van der Waals surface area contributed by atoms with Gasteiger partial charge in [-0.25, -0.2) is 0 Å². The maximum Gasteiger partial charge on any atom is 0.0526 e. The summed E-state index contributed by atoms with van der Waals surface area (Å²) in [5, 5.41) is 4.90. The van der Waals surface area contributed by atoms with Gasteiger partial charge in [0.2, 0.25) is 0 Å². The van der Waals surface area contributed by atoms with Gasteiger partial charge in [0.1, 0.15) is 0 Å². The van der Waals surface area contributed by atoms with Crippen LogP contribution in [-0.2, 0) is 13.1 Å². The van der Waals surface area contributed by atoms with E-state index in [0.29, 0.717) is 5.92 Å². The summed E-state index contributed by atoms with van der Waals surface area (Å²) in [5.41, 5.74) is 2.80. The molecule has 1 aromatic carbocycles. The Kier molecular flexibility index (Phi) is 5.34. The largest absolute Gasteiger partial charge is 0.346 e. The van der Waals surface area contributed by atoms with Crippen LogP contribution in [0.3, 0.4) is 0 Å². The molecule has 1 heterocycles. The van der Waals surface area contributed by atoms with Gasteiger partial charge >= 0.3 is 0 Å². The lowest BCUT2D eigenvalue weighted by molar-refractivity contribution is 0.552. The third kappa shape index (κ3) is 3.77. The summed E-state index contributed by atoms with van der Waals surface area (Å²) in [6.07, 6.45) is 4.38. The second kappa shape index (κ2) is 7.01. The van der Waals surface area contributed by atoms with Gasteiger partial charge in [-0.3, -0.25) is 0 Å². The highest BCUT2D eigenvalue weighted by molar-refractivity contribution is 7.98. The van der Waals surface area contributed by atoms with Crippen molar-refractivity contribution in [2.75, 3.05) is 18.6 Å². The van der Waals surface area contributed by atoms with Gasteiger partial charge in [-0.05, 0) is 35.7 Å². The number of aryl methyl sites for hydroxylation is 1. The number of benzene rings is 1. The summed E-state index contributed by atoms with van der Waals surface area (Å²) in [7, 11) is 0. The zero-order valence-electron chi connectivity index (χ0n) is 12.1. The van der Waals surface area contributed by atoms with E-state index in [1.165, 1.54) is 16.5 Å². The summed E-state index contributed by atoms with van der Waals surface area (Å²) < 4.78 is 2.39. The quantitative estimate of drug-likeness (QED) is 0.829. The number of thioether (sulfide) groups is 1. The standard InChI is InChI=1S/C16H24N2S/c1-13(2)11-17-12-15-6-4-5-14-7-8-18(16(14)15)9-10-19-3/h4-8,13,17H,9-12H2,1-3H3. The van der Waals surface area contributed by atoms with Crippen LogP contribution in [0, 0.1) is 5.92 Å². The molecule has 104 valence electrons. The predicted octanol–water partition coefficient (Wildman–Crippen LogP) is 3.75. The van der Waals surface area contributed by atoms with Gasteiger partial charge < -0.3 is 9.88 Å². The monoisotopic (exact) mass is 276 g/mol. The molecule has 0 spiro atoms. The number of hydrogen-bond donors (Lipinski definition) is 1. The molecule has 0 aliphatic carbocycles. The lowest BCUT2D eigenvalue weighted by Gasteiger charge is -2.11. The molecule has 2 rings (SSSR count). The molecular formula is C16H24N2S. The third-order valence-corrected chi connectivity index (χ3v) is 3.87. The first kappa shape index (κ1) is 14.5. The summed E-state index contributed by atoms with van der Waals surface area (Å²) in [6.45, 7) is 7.61. The highest BCUT2D eigenvalue weighted by atomic mass is 32.2. The summed E-state index contributed by atoms with van der Waals surface area (Å²) in [4.78, 5) is 0. The molecule has 2 aromatic rings. The molecule has 0 unspecified atom stereocenters. The van der Waals surface area contributed by atoms with Crippen LogP contribution in [0.4, 0.5) is 0 Å². The molecule has 2 nitrogen and oxygen atoms in total. The molecule has 0 radical (unpaired) electrons. The van der Waals surface area contributed by atoms with Crippen molar-refractivity contribution < 1.29 is 0 Å². The fourth-order valence-corrected chi connectivity index (χ4v) is 2.73. The van der Waals surface area contributed by atoms with Crippen LogP contribution in [-0.4, -0.2) is 23.1 Å². The first-order valence-corrected chi connectivity index (χ1v) is 8.38.